The molecule has 4 heteroatoms. The van der Waals surface area contributed by atoms with Crippen LogP contribution in [-0.2, 0) is 11.3 Å². The minimum absolute atomic E-state index is 0.184. The predicted octanol–water partition coefficient (Wildman–Crippen LogP) is 2.65. The zero-order valence-electron chi connectivity index (χ0n) is 9.38. The second-order valence-electron chi connectivity index (χ2n) is 3.37. The van der Waals surface area contributed by atoms with Crippen molar-refractivity contribution in [1.82, 2.24) is 0 Å². The molecule has 0 fully saturated rings. The van der Waals surface area contributed by atoms with Gasteiger partial charge in [0.2, 0.25) is 5.76 Å². The molecule has 0 unspecified atom stereocenters. The van der Waals surface area contributed by atoms with Crippen LogP contribution < -0.4 is 4.74 Å². The molecule has 2 aromatic rings. The number of esters is 1. The van der Waals surface area contributed by atoms with Gasteiger partial charge in [-0.15, -0.1) is 0 Å². The molecule has 0 aliphatic heterocycles. The van der Waals surface area contributed by atoms with Crippen molar-refractivity contribution in [1.29, 1.82) is 0 Å². The van der Waals surface area contributed by atoms with E-state index in [0.29, 0.717) is 5.56 Å². The zero-order chi connectivity index (χ0) is 12.1. The smallest absolute Gasteiger partial charge is 0.374 e. The fourth-order valence-electron chi connectivity index (χ4n) is 1.40. The summed E-state index contributed by atoms with van der Waals surface area (Å²) >= 11 is 0. The van der Waals surface area contributed by atoms with Gasteiger partial charge in [0.1, 0.15) is 12.4 Å². The first kappa shape index (κ1) is 11.3. The Balaban J connectivity index is 2.05. The molecule has 0 saturated heterocycles. The summed E-state index contributed by atoms with van der Waals surface area (Å²) in [7, 11) is 1.31. The lowest BCUT2D eigenvalue weighted by atomic mass is 10.2. The third-order valence-corrected chi connectivity index (χ3v) is 2.26. The van der Waals surface area contributed by atoms with Gasteiger partial charge in [-0.25, -0.2) is 4.79 Å². The SMILES string of the molecule is COC(=O)c1occc1COc1ccccc1. The number of hydrogen-bond donors (Lipinski definition) is 0. The molecule has 1 heterocycles. The molecule has 0 amide bonds. The van der Waals surface area contributed by atoms with Crippen LogP contribution in [-0.4, -0.2) is 13.1 Å². The lowest BCUT2D eigenvalue weighted by molar-refractivity contribution is 0.0561. The van der Waals surface area contributed by atoms with Crippen LogP contribution in [0.1, 0.15) is 16.1 Å². The van der Waals surface area contributed by atoms with Gasteiger partial charge in [0.05, 0.1) is 13.4 Å². The normalized spacial score (nSPS) is 9.94. The maximum atomic E-state index is 11.3. The van der Waals surface area contributed by atoms with Crippen molar-refractivity contribution >= 4 is 5.97 Å². The summed E-state index contributed by atoms with van der Waals surface area (Å²) < 4.78 is 15.2. The Morgan fingerprint density at radius 1 is 1.24 bits per heavy atom. The number of hydrogen-bond acceptors (Lipinski definition) is 4. The van der Waals surface area contributed by atoms with E-state index in [-0.39, 0.29) is 12.4 Å². The van der Waals surface area contributed by atoms with E-state index < -0.39 is 5.97 Å². The minimum Gasteiger partial charge on any atom is -0.489 e. The summed E-state index contributed by atoms with van der Waals surface area (Å²) in [5.41, 5.74) is 0.667. The van der Waals surface area contributed by atoms with Gasteiger partial charge in [0.25, 0.3) is 0 Å². The summed E-state index contributed by atoms with van der Waals surface area (Å²) in [4.78, 5) is 11.3. The lowest BCUT2D eigenvalue weighted by Crippen LogP contribution is -2.05. The first-order valence-corrected chi connectivity index (χ1v) is 5.14. The molecule has 0 saturated carbocycles. The van der Waals surface area contributed by atoms with Crippen molar-refractivity contribution in [2.45, 2.75) is 6.61 Å². The highest BCUT2D eigenvalue weighted by molar-refractivity contribution is 5.87. The van der Waals surface area contributed by atoms with Crippen molar-refractivity contribution < 1.29 is 18.7 Å². The average molecular weight is 232 g/mol. The van der Waals surface area contributed by atoms with Crippen LogP contribution in [0, 0.1) is 0 Å². The summed E-state index contributed by atoms with van der Waals surface area (Å²) in [6, 6.07) is 11.0. The largest absolute Gasteiger partial charge is 0.489 e. The monoisotopic (exact) mass is 232 g/mol. The standard InChI is InChI=1S/C13H12O4/c1-15-13(14)12-10(7-8-16-12)9-17-11-5-3-2-4-6-11/h2-8H,9H2,1H3. The highest BCUT2D eigenvalue weighted by atomic mass is 16.5. The predicted molar refractivity (Wildman–Crippen MR) is 60.8 cm³/mol. The molecule has 88 valence electrons. The topological polar surface area (TPSA) is 48.7 Å². The first-order valence-electron chi connectivity index (χ1n) is 5.14. The number of benzene rings is 1. The number of rotatable bonds is 4. The highest BCUT2D eigenvalue weighted by Crippen LogP contribution is 2.16. The highest BCUT2D eigenvalue weighted by Gasteiger charge is 2.15. The van der Waals surface area contributed by atoms with Gasteiger partial charge >= 0.3 is 5.97 Å². The Morgan fingerprint density at radius 3 is 2.71 bits per heavy atom. The molecule has 2 rings (SSSR count). The van der Waals surface area contributed by atoms with Gasteiger partial charge in [-0.2, -0.15) is 0 Å². The quantitative estimate of drug-likeness (QED) is 0.760. The number of carbonyl (C=O) groups is 1. The lowest BCUT2D eigenvalue weighted by Gasteiger charge is -2.05. The number of furan rings is 1. The first-order chi connectivity index (χ1) is 8.31. The average Bonchev–Trinajstić information content (AvgIpc) is 2.85. The van der Waals surface area contributed by atoms with E-state index in [2.05, 4.69) is 4.74 Å². The van der Waals surface area contributed by atoms with Gasteiger partial charge in [-0.1, -0.05) is 18.2 Å². The second kappa shape index (κ2) is 5.21. The molecule has 0 aliphatic rings. The van der Waals surface area contributed by atoms with Gasteiger partial charge in [-0.3, -0.25) is 0 Å². The van der Waals surface area contributed by atoms with E-state index in [9.17, 15) is 4.79 Å². The van der Waals surface area contributed by atoms with E-state index in [0.717, 1.165) is 5.75 Å². The number of para-hydroxylation sites is 1. The van der Waals surface area contributed by atoms with E-state index in [1.54, 1.807) is 6.07 Å². The molecule has 0 atom stereocenters. The Labute approximate surface area is 98.8 Å². The Morgan fingerprint density at radius 2 is 2.00 bits per heavy atom. The van der Waals surface area contributed by atoms with Crippen molar-refractivity contribution in [2.75, 3.05) is 7.11 Å². The molecule has 1 aromatic heterocycles. The molecule has 0 bridgehead atoms. The summed E-state index contributed by atoms with van der Waals surface area (Å²) in [6.07, 6.45) is 1.44. The van der Waals surface area contributed by atoms with Crippen molar-refractivity contribution in [3.8, 4) is 5.75 Å². The molecule has 0 spiro atoms. The zero-order valence-corrected chi connectivity index (χ0v) is 9.38. The van der Waals surface area contributed by atoms with Crippen LogP contribution in [0.3, 0.4) is 0 Å². The fraction of sp³-hybridized carbons (Fsp3) is 0.154. The van der Waals surface area contributed by atoms with Gasteiger partial charge < -0.3 is 13.9 Å². The molecule has 0 radical (unpaired) electrons. The molecular formula is C13H12O4. The maximum Gasteiger partial charge on any atom is 0.374 e. The molecule has 17 heavy (non-hydrogen) atoms. The Kier molecular flexibility index (Phi) is 3.45. The van der Waals surface area contributed by atoms with Gasteiger partial charge in [-0.05, 0) is 18.2 Å². The fourth-order valence-corrected chi connectivity index (χ4v) is 1.40. The van der Waals surface area contributed by atoms with Crippen LogP contribution in [0.2, 0.25) is 0 Å². The van der Waals surface area contributed by atoms with Gasteiger partial charge in [0.15, 0.2) is 0 Å². The molecule has 4 nitrogen and oxygen atoms in total. The number of carbonyl (C=O) groups excluding carboxylic acids is 1. The van der Waals surface area contributed by atoms with E-state index in [1.807, 2.05) is 30.3 Å². The summed E-state index contributed by atoms with van der Waals surface area (Å²) in [5, 5.41) is 0. The molecular weight excluding hydrogens is 220 g/mol. The van der Waals surface area contributed by atoms with Crippen molar-refractivity contribution in [2.24, 2.45) is 0 Å². The second-order valence-corrected chi connectivity index (χ2v) is 3.37. The third-order valence-electron chi connectivity index (χ3n) is 2.26. The van der Waals surface area contributed by atoms with Crippen molar-refractivity contribution in [3.05, 3.63) is 54.0 Å². The number of methoxy groups -OCH3 is 1. The van der Waals surface area contributed by atoms with Crippen LogP contribution >= 0.6 is 0 Å². The van der Waals surface area contributed by atoms with E-state index in [1.165, 1.54) is 13.4 Å². The molecule has 0 aliphatic carbocycles. The van der Waals surface area contributed by atoms with Crippen LogP contribution in [0.5, 0.6) is 5.75 Å². The summed E-state index contributed by atoms with van der Waals surface area (Å²) in [6.45, 7) is 0.269. The Bertz CT molecular complexity index is 487. The maximum absolute atomic E-state index is 11.3. The van der Waals surface area contributed by atoms with E-state index in [4.69, 9.17) is 9.15 Å². The molecule has 1 aromatic carbocycles. The van der Waals surface area contributed by atoms with E-state index >= 15 is 0 Å². The minimum atomic E-state index is -0.498. The number of ether oxygens (including phenoxy) is 2. The van der Waals surface area contributed by atoms with Crippen LogP contribution in [0.4, 0.5) is 0 Å². The van der Waals surface area contributed by atoms with Crippen LogP contribution in [0.15, 0.2) is 47.1 Å². The van der Waals surface area contributed by atoms with Gasteiger partial charge in [0, 0.05) is 5.56 Å². The Hall–Kier alpha value is -2.23. The van der Waals surface area contributed by atoms with Crippen molar-refractivity contribution in [3.63, 3.8) is 0 Å². The third kappa shape index (κ3) is 2.66. The summed E-state index contributed by atoms with van der Waals surface area (Å²) in [5.74, 6) is 0.426. The van der Waals surface area contributed by atoms with Crippen LogP contribution in [0.25, 0.3) is 0 Å². The molecule has 0 N–H and O–H groups in total.